The van der Waals surface area contributed by atoms with Gasteiger partial charge >= 0.3 is 0 Å². The van der Waals surface area contributed by atoms with E-state index in [1.165, 1.54) is 66.4 Å². The molecule has 0 unspecified atom stereocenters. The van der Waals surface area contributed by atoms with Crippen LogP contribution in [0.2, 0.25) is 0 Å². The van der Waals surface area contributed by atoms with E-state index in [4.69, 9.17) is 4.42 Å². The summed E-state index contributed by atoms with van der Waals surface area (Å²) in [6.07, 6.45) is 0. The summed E-state index contributed by atoms with van der Waals surface area (Å²) >= 11 is 0. The Balaban J connectivity index is 0.945. The number of anilines is 3. The minimum Gasteiger partial charge on any atom is -0.456 e. The van der Waals surface area contributed by atoms with Gasteiger partial charge in [-0.2, -0.15) is 0 Å². The highest BCUT2D eigenvalue weighted by Crippen LogP contribution is 2.59. The highest BCUT2D eigenvalue weighted by molar-refractivity contribution is 6.07. The second-order valence-corrected chi connectivity index (χ2v) is 19.1. The van der Waals surface area contributed by atoms with Gasteiger partial charge in [-0.1, -0.05) is 237 Å². The Morgan fingerprint density at radius 1 is 0.288 bits per heavy atom. The van der Waals surface area contributed by atoms with Gasteiger partial charge in [0.05, 0.1) is 16.8 Å². The van der Waals surface area contributed by atoms with Gasteiger partial charge in [0.15, 0.2) is 0 Å². The predicted octanol–water partition coefficient (Wildman–Crippen LogP) is 19.2. The molecule has 73 heavy (non-hydrogen) atoms. The standard InChI is InChI=1S/C71H47NO/c1-3-20-55(21-4-1)71(56-22-5-2-6-23-56)64-29-13-9-27-63(64)70-62(28-17-30-65(70)71)59-25-11-15-32-67(59)72(66-31-14-10-24-58(66)54-42-45-61-60-26-12-16-33-68(60)73-69(61)47-54)57-43-40-50(41-44-57)49-34-36-51(37-35-49)53-39-38-48-18-7-8-19-52(48)46-53/h1-47H. The fraction of sp³-hybridized carbons (Fsp3) is 0.0141. The van der Waals surface area contributed by atoms with Crippen molar-refractivity contribution in [1.29, 1.82) is 0 Å². The van der Waals surface area contributed by atoms with Crippen molar-refractivity contribution in [3.05, 3.63) is 307 Å². The average Bonchev–Trinajstić information content (AvgIpc) is 4.00. The molecule has 1 heterocycles. The second kappa shape index (κ2) is 17.4. The highest BCUT2D eigenvalue weighted by Gasteiger charge is 2.47. The molecule has 0 N–H and O–H groups in total. The van der Waals surface area contributed by atoms with Crippen LogP contribution in [-0.4, -0.2) is 0 Å². The van der Waals surface area contributed by atoms with E-state index >= 15 is 0 Å². The molecular formula is C71H47NO. The molecule has 0 radical (unpaired) electrons. The van der Waals surface area contributed by atoms with Crippen molar-refractivity contribution in [2.24, 2.45) is 0 Å². The van der Waals surface area contributed by atoms with E-state index in [1.54, 1.807) is 0 Å². The van der Waals surface area contributed by atoms with E-state index in [0.717, 1.165) is 61.3 Å². The van der Waals surface area contributed by atoms with E-state index in [0.29, 0.717) is 0 Å². The lowest BCUT2D eigenvalue weighted by Gasteiger charge is -2.34. The number of para-hydroxylation sites is 3. The van der Waals surface area contributed by atoms with Gasteiger partial charge in [0, 0.05) is 27.6 Å². The first-order chi connectivity index (χ1) is 36.2. The van der Waals surface area contributed by atoms with Gasteiger partial charge in [0.25, 0.3) is 0 Å². The van der Waals surface area contributed by atoms with E-state index in [9.17, 15) is 0 Å². The van der Waals surface area contributed by atoms with Gasteiger partial charge in [0.1, 0.15) is 11.2 Å². The summed E-state index contributed by atoms with van der Waals surface area (Å²) in [5.74, 6) is 0. The van der Waals surface area contributed by atoms with Crippen LogP contribution in [0.25, 0.3) is 88.3 Å². The van der Waals surface area contributed by atoms with Crippen molar-refractivity contribution in [2.45, 2.75) is 5.41 Å². The third-order valence-electron chi connectivity index (χ3n) is 15.2. The number of hydrogen-bond acceptors (Lipinski definition) is 2. The van der Waals surface area contributed by atoms with Gasteiger partial charge < -0.3 is 9.32 Å². The Bertz CT molecular complexity index is 4150. The molecule has 1 aliphatic rings. The number of rotatable bonds is 9. The normalized spacial score (nSPS) is 12.5. The average molecular weight is 930 g/mol. The second-order valence-electron chi connectivity index (χ2n) is 19.1. The zero-order chi connectivity index (χ0) is 48.3. The third kappa shape index (κ3) is 6.94. The molecule has 2 nitrogen and oxygen atoms in total. The van der Waals surface area contributed by atoms with Crippen LogP contribution in [0, 0.1) is 0 Å². The maximum atomic E-state index is 6.50. The van der Waals surface area contributed by atoms with Crippen molar-refractivity contribution in [3.8, 4) is 55.6 Å². The fourth-order valence-electron chi connectivity index (χ4n) is 11.9. The van der Waals surface area contributed by atoms with Gasteiger partial charge in [-0.25, -0.2) is 0 Å². The van der Waals surface area contributed by atoms with Crippen molar-refractivity contribution in [3.63, 3.8) is 0 Å². The molecule has 14 rings (SSSR count). The van der Waals surface area contributed by atoms with Crippen LogP contribution in [0.15, 0.2) is 290 Å². The van der Waals surface area contributed by atoms with E-state index in [1.807, 2.05) is 12.1 Å². The molecule has 13 aromatic rings. The lowest BCUT2D eigenvalue weighted by atomic mass is 9.67. The molecule has 12 aromatic carbocycles. The quantitative estimate of drug-likeness (QED) is 0.143. The molecule has 0 atom stereocenters. The van der Waals surface area contributed by atoms with E-state index in [2.05, 4.69) is 278 Å². The maximum absolute atomic E-state index is 6.50. The van der Waals surface area contributed by atoms with Crippen LogP contribution < -0.4 is 4.90 Å². The number of nitrogens with zero attached hydrogens (tertiary/aromatic N) is 1. The van der Waals surface area contributed by atoms with Gasteiger partial charge in [-0.3, -0.25) is 0 Å². The zero-order valence-corrected chi connectivity index (χ0v) is 40.0. The molecule has 0 aliphatic heterocycles. The van der Waals surface area contributed by atoms with Gasteiger partial charge in [-0.05, 0) is 126 Å². The summed E-state index contributed by atoms with van der Waals surface area (Å²) < 4.78 is 6.50. The molecular weight excluding hydrogens is 883 g/mol. The minimum absolute atomic E-state index is 0.523. The molecule has 342 valence electrons. The van der Waals surface area contributed by atoms with Gasteiger partial charge in [0.2, 0.25) is 0 Å². The molecule has 1 aliphatic carbocycles. The Labute approximate surface area is 425 Å². The Morgan fingerprint density at radius 2 is 0.795 bits per heavy atom. The largest absolute Gasteiger partial charge is 0.456 e. The first kappa shape index (κ1) is 42.4. The predicted molar refractivity (Wildman–Crippen MR) is 305 cm³/mol. The molecule has 0 amide bonds. The number of hydrogen-bond donors (Lipinski definition) is 0. The Morgan fingerprint density at radius 3 is 1.53 bits per heavy atom. The van der Waals surface area contributed by atoms with Crippen LogP contribution in [-0.2, 0) is 5.41 Å². The van der Waals surface area contributed by atoms with Crippen molar-refractivity contribution in [1.82, 2.24) is 0 Å². The van der Waals surface area contributed by atoms with E-state index in [-0.39, 0.29) is 0 Å². The van der Waals surface area contributed by atoms with E-state index < -0.39 is 5.41 Å². The lowest BCUT2D eigenvalue weighted by molar-refractivity contribution is 0.669. The lowest BCUT2D eigenvalue weighted by Crippen LogP contribution is -2.28. The number of fused-ring (bicyclic) bond motifs is 7. The topological polar surface area (TPSA) is 16.4 Å². The van der Waals surface area contributed by atoms with Crippen LogP contribution >= 0.6 is 0 Å². The smallest absolute Gasteiger partial charge is 0.136 e. The molecule has 0 saturated carbocycles. The molecule has 0 bridgehead atoms. The highest BCUT2D eigenvalue weighted by atomic mass is 16.3. The van der Waals surface area contributed by atoms with Crippen LogP contribution in [0.5, 0.6) is 0 Å². The molecule has 0 fully saturated rings. The SMILES string of the molecule is c1ccc(C2(c3ccccc3)c3ccccc3-c3c(-c4ccccc4N(c4ccc(-c5ccc(-c6ccc7ccccc7c6)cc5)cc4)c4ccccc4-c4ccc5c(c4)oc4ccccc45)cccc32)cc1. The molecule has 0 saturated heterocycles. The number of benzene rings is 12. The van der Waals surface area contributed by atoms with Crippen LogP contribution in [0.3, 0.4) is 0 Å². The van der Waals surface area contributed by atoms with Crippen molar-refractivity contribution < 1.29 is 4.42 Å². The summed E-state index contributed by atoms with van der Waals surface area (Å²) in [6.45, 7) is 0. The third-order valence-corrected chi connectivity index (χ3v) is 15.2. The molecule has 2 heteroatoms. The first-order valence-electron chi connectivity index (χ1n) is 25.2. The summed E-state index contributed by atoms with van der Waals surface area (Å²) in [7, 11) is 0. The fourth-order valence-corrected chi connectivity index (χ4v) is 11.9. The summed E-state index contributed by atoms with van der Waals surface area (Å²) in [5, 5.41) is 4.73. The molecule has 0 spiro atoms. The van der Waals surface area contributed by atoms with Crippen LogP contribution in [0.1, 0.15) is 22.3 Å². The first-order valence-corrected chi connectivity index (χ1v) is 25.2. The Hall–Kier alpha value is -9.50. The zero-order valence-electron chi connectivity index (χ0n) is 40.0. The number of furan rings is 1. The summed E-state index contributed by atoms with van der Waals surface area (Å²) in [6, 6.07) is 104. The van der Waals surface area contributed by atoms with Crippen molar-refractivity contribution in [2.75, 3.05) is 4.90 Å². The summed E-state index contributed by atoms with van der Waals surface area (Å²) in [4.78, 5) is 2.46. The maximum Gasteiger partial charge on any atom is 0.136 e. The Kier molecular flexibility index (Phi) is 10.1. The minimum atomic E-state index is -0.523. The van der Waals surface area contributed by atoms with Crippen molar-refractivity contribution >= 4 is 49.8 Å². The van der Waals surface area contributed by atoms with Crippen LogP contribution in [0.4, 0.5) is 17.1 Å². The molecule has 1 aromatic heterocycles. The monoisotopic (exact) mass is 929 g/mol. The van der Waals surface area contributed by atoms with Gasteiger partial charge in [-0.15, -0.1) is 0 Å². The summed E-state index contributed by atoms with van der Waals surface area (Å²) in [5.41, 5.74) is 21.2.